The molecule has 2 aromatic carbocycles. The van der Waals surface area contributed by atoms with Crippen molar-refractivity contribution in [3.8, 4) is 5.75 Å². The molecule has 2 N–H and O–H groups in total. The third-order valence-electron chi connectivity index (χ3n) is 8.86. The fourth-order valence-corrected chi connectivity index (χ4v) is 5.85. The molecule has 0 fully saturated rings. The van der Waals surface area contributed by atoms with Gasteiger partial charge in [-0.25, -0.2) is 5.04 Å². The normalized spacial score (nSPS) is 10.7. The molecule has 2 aromatic rings. The Morgan fingerprint density at radius 2 is 0.980 bits per heavy atom. The van der Waals surface area contributed by atoms with E-state index in [-0.39, 0.29) is 64.3 Å². The van der Waals surface area contributed by atoms with Gasteiger partial charge in [0.1, 0.15) is 0 Å². The first-order valence-electron chi connectivity index (χ1n) is 18.7. The average Bonchev–Trinajstić information content (AvgIpc) is 3.10. The molecule has 50 heavy (non-hydrogen) atoms. The quantitative estimate of drug-likeness (QED) is 0.0369. The summed E-state index contributed by atoms with van der Waals surface area (Å²) in [5, 5.41) is 20.0. The van der Waals surface area contributed by atoms with Crippen LogP contribution in [-0.2, 0) is 5.04 Å². The molecular weight excluding hydrogens is 643 g/mol. The van der Waals surface area contributed by atoms with Crippen LogP contribution in [0.5, 0.6) is 5.75 Å². The molecule has 0 heterocycles. The number of carbonyl (C=O) groups is 4. The predicted molar refractivity (Wildman–Crippen MR) is 192 cm³/mol. The molecule has 2 amide bonds. The topological polar surface area (TPSA) is 134 Å². The Balaban J connectivity index is 0.0000125. The van der Waals surface area contributed by atoms with E-state index in [2.05, 4.69) is 27.5 Å². The van der Waals surface area contributed by atoms with Gasteiger partial charge in [0.05, 0.1) is 0 Å². The zero-order valence-corrected chi connectivity index (χ0v) is 33.0. The van der Waals surface area contributed by atoms with Gasteiger partial charge in [0, 0.05) is 41.8 Å². The van der Waals surface area contributed by atoms with E-state index in [0.717, 1.165) is 77.0 Å². The summed E-state index contributed by atoms with van der Waals surface area (Å²) >= 11 is 0. The van der Waals surface area contributed by atoms with Gasteiger partial charge >= 0.3 is 29.6 Å². The van der Waals surface area contributed by atoms with Gasteiger partial charge in [0.2, 0.25) is 0 Å². The van der Waals surface area contributed by atoms with Crippen LogP contribution in [0.4, 0.5) is 0 Å². The van der Waals surface area contributed by atoms with Crippen LogP contribution in [0.25, 0.3) is 0 Å². The molecule has 0 saturated carbocycles. The predicted octanol–water partition coefficient (Wildman–Crippen LogP) is 5.64. The minimum atomic E-state index is -0.302. The van der Waals surface area contributed by atoms with Gasteiger partial charge in [-0.1, -0.05) is 122 Å². The fourth-order valence-electron chi connectivity index (χ4n) is 5.85. The van der Waals surface area contributed by atoms with E-state index in [1.165, 1.54) is 64.0 Å². The van der Waals surface area contributed by atoms with Crippen molar-refractivity contribution in [1.82, 2.24) is 10.6 Å². The molecule has 0 aliphatic carbocycles. The Morgan fingerprint density at radius 3 is 1.46 bits per heavy atom. The molecule has 0 aromatic heterocycles. The average molecular weight is 703 g/mol. The van der Waals surface area contributed by atoms with Crippen molar-refractivity contribution in [2.45, 2.75) is 142 Å². The Bertz CT molecular complexity index is 1250. The Kier molecular flexibility index (Phi) is 26.4. The molecule has 0 atom stereocenters. The second kappa shape index (κ2) is 29.1. The zero-order valence-electron chi connectivity index (χ0n) is 31.0. The summed E-state index contributed by atoms with van der Waals surface area (Å²) in [6.45, 7) is 4.92. The summed E-state index contributed by atoms with van der Waals surface area (Å²) < 4.78 is 0. The molecule has 0 bridgehead atoms. The Hall–Kier alpha value is -2.56. The number of benzene rings is 2. The molecule has 0 unspecified atom stereocenters. The van der Waals surface area contributed by atoms with Gasteiger partial charge in [-0.05, 0) is 56.5 Å². The monoisotopic (exact) mass is 702 g/mol. The van der Waals surface area contributed by atoms with Gasteiger partial charge < -0.3 is 20.8 Å². The summed E-state index contributed by atoms with van der Waals surface area (Å²) in [6.07, 6.45) is 21.8. The van der Waals surface area contributed by atoms with Crippen LogP contribution in [0.2, 0.25) is 0 Å². The molecular formula is C40H59N2NaO7. The van der Waals surface area contributed by atoms with Gasteiger partial charge in [-0.3, -0.25) is 19.2 Å². The van der Waals surface area contributed by atoms with Crippen molar-refractivity contribution in [1.29, 1.82) is 0 Å². The van der Waals surface area contributed by atoms with Crippen LogP contribution in [-0.4, -0.2) is 36.5 Å². The van der Waals surface area contributed by atoms with Gasteiger partial charge in [-0.2, -0.15) is 0 Å². The van der Waals surface area contributed by atoms with E-state index < -0.39 is 0 Å². The Morgan fingerprint density at radius 1 is 0.560 bits per heavy atom. The van der Waals surface area contributed by atoms with E-state index in [0.29, 0.717) is 36.2 Å². The minimum Gasteiger partial charge on any atom is -0.682 e. The second-order valence-corrected chi connectivity index (χ2v) is 13.1. The molecule has 10 heteroatoms. The first-order valence-corrected chi connectivity index (χ1v) is 18.7. The van der Waals surface area contributed by atoms with Crippen molar-refractivity contribution in [2.75, 3.05) is 13.1 Å². The number of Topliss-reactive ketones (excluding diaryl/α,β-unsaturated/α-hetero) is 2. The van der Waals surface area contributed by atoms with Crippen molar-refractivity contribution in [3.05, 3.63) is 64.7 Å². The molecule has 272 valence electrons. The molecule has 0 radical (unpaired) electrons. The van der Waals surface area contributed by atoms with Crippen LogP contribution in [0.15, 0.2) is 42.5 Å². The molecule has 0 spiro atoms. The molecule has 0 saturated heterocycles. The summed E-state index contributed by atoms with van der Waals surface area (Å²) in [5.41, 5.74) is 1.76. The van der Waals surface area contributed by atoms with Gasteiger partial charge in [-0.15, -0.1) is 0 Å². The molecule has 0 aliphatic heterocycles. The maximum Gasteiger partial charge on any atom is 1.00 e. The molecule has 0 aliphatic rings. The first-order chi connectivity index (χ1) is 23.8. The van der Waals surface area contributed by atoms with Crippen LogP contribution >= 0.6 is 0 Å². The number of hydrogen-bond donors (Lipinski definition) is 2. The standard InChI is InChI=1S/C40H60N2O7.Na/c1-3-4-5-6-7-8-11-14-18-21-28-42-40(46)36-29-35(30-37(31-36)48-49-47)38(44)22-19-16-13-10-9-12-15-17-20-27-41-39(45)34-25-23-33(24-26-34)32(2)43;/h23-26,29-31,47H,3-22,27-28H2,1-2H3,(H,41,45)(H,42,46);/q;+1/p-1. The van der Waals surface area contributed by atoms with Crippen molar-refractivity contribution < 1.29 is 63.9 Å². The number of carbonyl (C=O) groups excluding carboxylic acids is 4. The van der Waals surface area contributed by atoms with E-state index in [1.54, 1.807) is 30.3 Å². The van der Waals surface area contributed by atoms with Crippen LogP contribution < -0.4 is 50.3 Å². The first kappa shape index (κ1) is 45.5. The third-order valence-corrected chi connectivity index (χ3v) is 8.86. The Labute approximate surface area is 322 Å². The summed E-state index contributed by atoms with van der Waals surface area (Å²) in [7, 11) is 0. The number of amides is 2. The molecule has 9 nitrogen and oxygen atoms in total. The summed E-state index contributed by atoms with van der Waals surface area (Å²) in [6, 6.07) is 11.1. The van der Waals surface area contributed by atoms with Crippen LogP contribution in [0, 0.1) is 0 Å². The smallest absolute Gasteiger partial charge is 0.682 e. The zero-order chi connectivity index (χ0) is 35.5. The van der Waals surface area contributed by atoms with E-state index in [1.807, 2.05) is 0 Å². The van der Waals surface area contributed by atoms with Crippen LogP contribution in [0.3, 0.4) is 0 Å². The number of ketones is 2. The van der Waals surface area contributed by atoms with Crippen LogP contribution in [0.1, 0.15) is 184 Å². The number of nitrogens with one attached hydrogen (secondary N) is 2. The maximum atomic E-state index is 12.9. The maximum absolute atomic E-state index is 12.9. The number of unbranched alkanes of at least 4 members (excludes halogenated alkanes) is 17. The van der Waals surface area contributed by atoms with E-state index >= 15 is 0 Å². The SMILES string of the molecule is CCCCCCCCCCCCNC(=O)c1cc(OO[O-])cc(C(=O)CCCCCCCCCCCNC(=O)c2ccc(C(C)=O)cc2)c1.[Na+]. The largest absolute Gasteiger partial charge is 1.00 e. The van der Waals surface area contributed by atoms with Gasteiger partial charge in [0.15, 0.2) is 17.3 Å². The summed E-state index contributed by atoms with van der Waals surface area (Å²) in [5.74, 6) is -0.501. The second-order valence-electron chi connectivity index (χ2n) is 13.1. The van der Waals surface area contributed by atoms with Crippen molar-refractivity contribution >= 4 is 23.4 Å². The van der Waals surface area contributed by atoms with E-state index in [9.17, 15) is 24.4 Å². The van der Waals surface area contributed by atoms with Crippen molar-refractivity contribution in [3.63, 3.8) is 0 Å². The molecule has 2 rings (SSSR count). The number of hydrogen-bond acceptors (Lipinski definition) is 7. The fraction of sp³-hybridized carbons (Fsp3) is 0.600. The number of rotatable bonds is 29. The van der Waals surface area contributed by atoms with Crippen molar-refractivity contribution in [2.24, 2.45) is 0 Å². The van der Waals surface area contributed by atoms with Gasteiger partial charge in [0.25, 0.3) is 11.8 Å². The summed E-state index contributed by atoms with van der Waals surface area (Å²) in [4.78, 5) is 53.9. The van der Waals surface area contributed by atoms with E-state index in [4.69, 9.17) is 0 Å². The third kappa shape index (κ3) is 20.3. The minimum absolute atomic E-state index is 0.